The predicted molar refractivity (Wildman–Crippen MR) is 108 cm³/mol. The van der Waals surface area contributed by atoms with Crippen LogP contribution in [-0.2, 0) is 5.60 Å². The zero-order valence-electron chi connectivity index (χ0n) is 15.2. The number of hydrogen-bond acceptors (Lipinski definition) is 2. The summed E-state index contributed by atoms with van der Waals surface area (Å²) >= 11 is 0. The summed E-state index contributed by atoms with van der Waals surface area (Å²) in [5, 5.41) is 11.2. The van der Waals surface area contributed by atoms with Crippen molar-refractivity contribution in [3.05, 3.63) is 60.2 Å². The Labute approximate surface area is 158 Å². The number of hydrogen-bond donors (Lipinski definition) is 1. The molecule has 3 rings (SSSR count). The third kappa shape index (κ3) is 5.07. The maximum Gasteiger partial charge on any atom is 0.0906 e. The number of halogens is 1. The number of likely N-dealkylation sites (tertiary alicyclic amines) is 1. The summed E-state index contributed by atoms with van der Waals surface area (Å²) in [5.41, 5.74) is 2.75. The van der Waals surface area contributed by atoms with E-state index in [-0.39, 0.29) is 12.4 Å². The highest BCUT2D eigenvalue weighted by atomic mass is 35.5. The first kappa shape index (κ1) is 20.0. The second-order valence-electron chi connectivity index (χ2n) is 6.98. The molecule has 25 heavy (non-hydrogen) atoms. The smallest absolute Gasteiger partial charge is 0.0906 e. The van der Waals surface area contributed by atoms with Gasteiger partial charge in [-0.15, -0.1) is 12.4 Å². The van der Waals surface area contributed by atoms with Crippen LogP contribution in [0.15, 0.2) is 54.6 Å². The van der Waals surface area contributed by atoms with Gasteiger partial charge in [0.1, 0.15) is 0 Å². The lowest BCUT2D eigenvalue weighted by Gasteiger charge is -2.33. The van der Waals surface area contributed by atoms with Gasteiger partial charge in [0.25, 0.3) is 0 Å². The van der Waals surface area contributed by atoms with Crippen molar-refractivity contribution in [2.45, 2.75) is 44.6 Å². The molecule has 2 aromatic carbocycles. The molecule has 2 aromatic rings. The van der Waals surface area contributed by atoms with Gasteiger partial charge in [-0.2, -0.15) is 0 Å². The van der Waals surface area contributed by atoms with Crippen molar-refractivity contribution in [2.24, 2.45) is 0 Å². The van der Waals surface area contributed by atoms with Crippen LogP contribution in [0.5, 0.6) is 0 Å². The Bertz CT molecular complexity index is 622. The van der Waals surface area contributed by atoms with Crippen LogP contribution in [0.1, 0.15) is 44.6 Å². The lowest BCUT2D eigenvalue weighted by molar-refractivity contribution is 0.0116. The average Bonchev–Trinajstić information content (AvgIpc) is 2.68. The van der Waals surface area contributed by atoms with Gasteiger partial charge in [0.05, 0.1) is 5.60 Å². The molecule has 1 heterocycles. The molecule has 2 nitrogen and oxygen atoms in total. The molecule has 0 radical (unpaired) electrons. The molecule has 0 amide bonds. The summed E-state index contributed by atoms with van der Waals surface area (Å²) in [6.07, 6.45) is 5.53. The fourth-order valence-electron chi connectivity index (χ4n) is 3.65. The van der Waals surface area contributed by atoms with Gasteiger partial charge in [0.15, 0.2) is 0 Å². The van der Waals surface area contributed by atoms with E-state index in [1.165, 1.54) is 43.5 Å². The number of nitrogens with zero attached hydrogens (tertiary/aromatic N) is 1. The molecule has 0 spiro atoms. The van der Waals surface area contributed by atoms with E-state index in [1.807, 2.05) is 6.07 Å². The largest absolute Gasteiger partial charge is 0.385 e. The second-order valence-corrected chi connectivity index (χ2v) is 6.98. The van der Waals surface area contributed by atoms with Crippen molar-refractivity contribution in [1.29, 1.82) is 0 Å². The summed E-state index contributed by atoms with van der Waals surface area (Å²) in [6.45, 7) is 5.45. The highest BCUT2D eigenvalue weighted by Crippen LogP contribution is 2.31. The van der Waals surface area contributed by atoms with Crippen molar-refractivity contribution in [3.8, 4) is 11.1 Å². The molecule has 0 saturated carbocycles. The van der Waals surface area contributed by atoms with Crippen molar-refractivity contribution in [3.63, 3.8) is 0 Å². The van der Waals surface area contributed by atoms with Gasteiger partial charge in [-0.05, 0) is 55.5 Å². The summed E-state index contributed by atoms with van der Waals surface area (Å²) in [4.78, 5) is 2.50. The third-order valence-electron chi connectivity index (χ3n) is 5.40. The van der Waals surface area contributed by atoms with Crippen LogP contribution in [0.2, 0.25) is 0 Å². The fourth-order valence-corrected chi connectivity index (χ4v) is 3.65. The summed E-state index contributed by atoms with van der Waals surface area (Å²) in [7, 11) is 0. The van der Waals surface area contributed by atoms with Gasteiger partial charge in [-0.25, -0.2) is 0 Å². The van der Waals surface area contributed by atoms with E-state index in [0.29, 0.717) is 0 Å². The molecule has 1 aliphatic heterocycles. The minimum atomic E-state index is -0.716. The second kappa shape index (κ2) is 9.38. The minimum Gasteiger partial charge on any atom is -0.385 e. The Morgan fingerprint density at radius 3 is 2.08 bits per heavy atom. The quantitative estimate of drug-likeness (QED) is 0.761. The molecule has 1 atom stereocenters. The summed E-state index contributed by atoms with van der Waals surface area (Å²) in [5.74, 6) is 0. The van der Waals surface area contributed by atoms with Crippen LogP contribution in [0.3, 0.4) is 0 Å². The molecule has 1 aliphatic rings. The lowest BCUT2D eigenvalue weighted by atomic mass is 9.86. The number of piperidine rings is 1. The maximum absolute atomic E-state index is 11.2. The Kier molecular flexibility index (Phi) is 7.49. The molecule has 0 bridgehead atoms. The number of rotatable bonds is 6. The maximum atomic E-state index is 11.2. The Morgan fingerprint density at radius 2 is 1.48 bits per heavy atom. The Hall–Kier alpha value is -1.35. The molecule has 0 aliphatic carbocycles. The topological polar surface area (TPSA) is 23.5 Å². The van der Waals surface area contributed by atoms with Gasteiger partial charge in [-0.1, -0.05) is 67.9 Å². The van der Waals surface area contributed by atoms with Gasteiger partial charge >= 0.3 is 0 Å². The Morgan fingerprint density at radius 1 is 0.880 bits per heavy atom. The van der Waals surface area contributed by atoms with Crippen LogP contribution in [0.25, 0.3) is 11.1 Å². The first-order valence-electron chi connectivity index (χ1n) is 9.32. The van der Waals surface area contributed by atoms with E-state index in [1.54, 1.807) is 0 Å². The molecular weight excluding hydrogens is 330 g/mol. The lowest BCUT2D eigenvalue weighted by Crippen LogP contribution is -2.36. The molecule has 1 unspecified atom stereocenters. The van der Waals surface area contributed by atoms with E-state index in [4.69, 9.17) is 0 Å². The van der Waals surface area contributed by atoms with Crippen molar-refractivity contribution in [2.75, 3.05) is 19.6 Å². The van der Waals surface area contributed by atoms with E-state index >= 15 is 0 Å². The van der Waals surface area contributed by atoms with Gasteiger partial charge in [-0.3, -0.25) is 0 Å². The molecule has 1 saturated heterocycles. The van der Waals surface area contributed by atoms with Crippen molar-refractivity contribution in [1.82, 2.24) is 4.90 Å². The molecular formula is C22H30ClNO. The van der Waals surface area contributed by atoms with Crippen molar-refractivity contribution >= 4 is 12.4 Å². The molecule has 0 aromatic heterocycles. The molecule has 1 N–H and O–H groups in total. The standard InChI is InChI=1S/C22H29NO.ClH/c1-2-22(24,15-18-23-16-7-4-8-17-23)21-13-11-20(12-14-21)19-9-5-3-6-10-19;/h3,5-6,9-14,24H,2,4,7-8,15-18H2,1H3;1H. The predicted octanol–water partition coefficient (Wildman–Crippen LogP) is 5.25. The molecule has 136 valence electrons. The SMILES string of the molecule is CCC(O)(CCN1CCCCC1)c1ccc(-c2ccccc2)cc1.Cl. The first-order valence-corrected chi connectivity index (χ1v) is 9.32. The monoisotopic (exact) mass is 359 g/mol. The van der Waals surface area contributed by atoms with Crippen LogP contribution in [0.4, 0.5) is 0 Å². The van der Waals surface area contributed by atoms with Crippen LogP contribution in [0, 0.1) is 0 Å². The number of benzene rings is 2. The molecule has 1 fully saturated rings. The van der Waals surface area contributed by atoms with E-state index in [9.17, 15) is 5.11 Å². The van der Waals surface area contributed by atoms with Crippen molar-refractivity contribution < 1.29 is 5.11 Å². The normalized spacial score (nSPS) is 17.5. The van der Waals surface area contributed by atoms with Gasteiger partial charge in [0.2, 0.25) is 0 Å². The van der Waals surface area contributed by atoms with E-state index in [0.717, 1.165) is 24.9 Å². The van der Waals surface area contributed by atoms with Crippen LogP contribution in [-0.4, -0.2) is 29.6 Å². The van der Waals surface area contributed by atoms with Gasteiger partial charge in [0, 0.05) is 6.54 Å². The van der Waals surface area contributed by atoms with Crippen LogP contribution >= 0.6 is 12.4 Å². The first-order chi connectivity index (χ1) is 11.7. The molecule has 3 heteroatoms. The Balaban J connectivity index is 0.00000225. The average molecular weight is 360 g/mol. The zero-order chi connectivity index (χ0) is 16.8. The number of aliphatic hydroxyl groups is 1. The van der Waals surface area contributed by atoms with Gasteiger partial charge < -0.3 is 10.0 Å². The zero-order valence-corrected chi connectivity index (χ0v) is 16.0. The summed E-state index contributed by atoms with van der Waals surface area (Å²) in [6, 6.07) is 18.9. The fraction of sp³-hybridized carbons (Fsp3) is 0.455. The summed E-state index contributed by atoms with van der Waals surface area (Å²) < 4.78 is 0. The highest BCUT2D eigenvalue weighted by molar-refractivity contribution is 5.85. The van der Waals surface area contributed by atoms with Crippen LogP contribution < -0.4 is 0 Å². The van der Waals surface area contributed by atoms with E-state index < -0.39 is 5.60 Å². The van der Waals surface area contributed by atoms with E-state index in [2.05, 4.69) is 60.4 Å². The highest BCUT2D eigenvalue weighted by Gasteiger charge is 2.28. The third-order valence-corrected chi connectivity index (χ3v) is 5.40. The minimum absolute atomic E-state index is 0.